The van der Waals surface area contributed by atoms with Gasteiger partial charge in [-0.1, -0.05) is 24.4 Å². The van der Waals surface area contributed by atoms with Crippen molar-refractivity contribution < 1.29 is 4.74 Å². The third kappa shape index (κ3) is 3.18. The van der Waals surface area contributed by atoms with Crippen LogP contribution in [0.15, 0.2) is 18.2 Å². The average Bonchev–Trinajstić information content (AvgIpc) is 3.08. The Bertz CT molecular complexity index is 417. The number of hydrogen-bond donors (Lipinski definition) is 1. The smallest absolute Gasteiger partial charge is 0.123 e. The van der Waals surface area contributed by atoms with Gasteiger partial charge in [0.05, 0.1) is 0 Å². The Morgan fingerprint density at radius 1 is 1.33 bits per heavy atom. The van der Waals surface area contributed by atoms with Crippen LogP contribution in [0.4, 0.5) is 0 Å². The van der Waals surface area contributed by atoms with Gasteiger partial charge in [-0.3, -0.25) is 0 Å². The average molecular weight is 266 g/mol. The second kappa shape index (κ2) is 5.50. The molecular weight excluding hydrogens is 246 g/mol. The Morgan fingerprint density at radius 3 is 3.06 bits per heavy atom. The van der Waals surface area contributed by atoms with Crippen LogP contribution in [0.3, 0.4) is 0 Å². The molecule has 1 atom stereocenters. The molecule has 0 aromatic heterocycles. The van der Waals surface area contributed by atoms with Gasteiger partial charge in [-0.05, 0) is 49.1 Å². The molecule has 2 aliphatic rings. The minimum atomic E-state index is 0.277. The molecule has 98 valence electrons. The largest absolute Gasteiger partial charge is 0.488 e. The first-order chi connectivity index (χ1) is 8.81. The van der Waals surface area contributed by atoms with Gasteiger partial charge >= 0.3 is 0 Å². The lowest BCUT2D eigenvalue weighted by Gasteiger charge is -2.11. The van der Waals surface area contributed by atoms with Crippen LogP contribution >= 0.6 is 11.6 Å². The highest BCUT2D eigenvalue weighted by molar-refractivity contribution is 6.30. The molecule has 0 saturated heterocycles. The molecule has 1 heterocycles. The van der Waals surface area contributed by atoms with E-state index < -0.39 is 0 Å². The van der Waals surface area contributed by atoms with Crippen LogP contribution in [-0.4, -0.2) is 19.2 Å². The highest BCUT2D eigenvalue weighted by Gasteiger charge is 2.23. The van der Waals surface area contributed by atoms with Crippen molar-refractivity contribution in [2.75, 3.05) is 13.1 Å². The number of hydrogen-bond acceptors (Lipinski definition) is 2. The van der Waals surface area contributed by atoms with Gasteiger partial charge in [0.15, 0.2) is 0 Å². The van der Waals surface area contributed by atoms with Gasteiger partial charge in [0.2, 0.25) is 0 Å². The lowest BCUT2D eigenvalue weighted by molar-refractivity contribution is 0.227. The summed E-state index contributed by atoms with van der Waals surface area (Å²) < 4.78 is 5.88. The second-order valence-electron chi connectivity index (χ2n) is 5.49. The minimum Gasteiger partial charge on any atom is -0.488 e. The van der Waals surface area contributed by atoms with E-state index in [4.69, 9.17) is 16.3 Å². The third-order valence-electron chi connectivity index (χ3n) is 3.80. The maximum Gasteiger partial charge on any atom is 0.123 e. The van der Waals surface area contributed by atoms with Gasteiger partial charge in [0.25, 0.3) is 0 Å². The third-order valence-corrected chi connectivity index (χ3v) is 4.03. The van der Waals surface area contributed by atoms with Crippen molar-refractivity contribution in [2.45, 2.75) is 38.2 Å². The fourth-order valence-electron chi connectivity index (χ4n) is 2.59. The maximum atomic E-state index is 5.98. The number of rotatable bonds is 6. The number of ether oxygens (including phenoxy) is 1. The van der Waals surface area contributed by atoms with Gasteiger partial charge in [0, 0.05) is 18.0 Å². The first-order valence-electron chi connectivity index (χ1n) is 6.97. The van der Waals surface area contributed by atoms with Crippen LogP contribution < -0.4 is 10.1 Å². The normalized spacial score (nSPS) is 21.7. The molecule has 0 amide bonds. The Labute approximate surface area is 114 Å². The number of halogens is 1. The highest BCUT2D eigenvalue weighted by Crippen LogP contribution is 2.33. The molecule has 1 aromatic rings. The molecule has 2 nitrogen and oxygen atoms in total. The van der Waals surface area contributed by atoms with Crippen LogP contribution in [0.1, 0.15) is 31.2 Å². The molecule has 1 saturated carbocycles. The number of nitrogens with one attached hydrogen (secondary N) is 1. The Morgan fingerprint density at radius 2 is 2.22 bits per heavy atom. The van der Waals surface area contributed by atoms with Crippen molar-refractivity contribution in [3.8, 4) is 5.75 Å². The molecule has 1 aromatic carbocycles. The monoisotopic (exact) mass is 265 g/mol. The summed E-state index contributed by atoms with van der Waals surface area (Å²) in [6.07, 6.45) is 6.87. The van der Waals surface area contributed by atoms with E-state index in [9.17, 15) is 0 Å². The zero-order valence-corrected chi connectivity index (χ0v) is 11.4. The molecule has 1 aliphatic heterocycles. The van der Waals surface area contributed by atoms with Crippen molar-refractivity contribution in [1.82, 2.24) is 5.32 Å². The SMILES string of the molecule is Clc1ccc2c(c1)CC(CNCCCC1CC1)O2. The quantitative estimate of drug-likeness (QED) is 0.796. The van der Waals surface area contributed by atoms with Gasteiger partial charge in [-0.2, -0.15) is 0 Å². The van der Waals surface area contributed by atoms with E-state index in [1.165, 1.54) is 31.2 Å². The first-order valence-corrected chi connectivity index (χ1v) is 7.35. The van der Waals surface area contributed by atoms with Crippen molar-refractivity contribution >= 4 is 11.6 Å². The molecule has 1 N–H and O–H groups in total. The molecule has 3 rings (SSSR count). The van der Waals surface area contributed by atoms with Crippen LogP contribution in [-0.2, 0) is 6.42 Å². The summed E-state index contributed by atoms with van der Waals surface area (Å²) >= 11 is 5.98. The summed E-state index contributed by atoms with van der Waals surface area (Å²) in [4.78, 5) is 0. The van der Waals surface area contributed by atoms with Crippen molar-refractivity contribution in [1.29, 1.82) is 0 Å². The van der Waals surface area contributed by atoms with Crippen LogP contribution in [0.5, 0.6) is 5.75 Å². The standard InChI is InChI=1S/C15H20ClNO/c16-13-5-6-15-12(8-13)9-14(18-15)10-17-7-1-2-11-3-4-11/h5-6,8,11,14,17H,1-4,7,9-10H2. The van der Waals surface area contributed by atoms with Gasteiger partial charge < -0.3 is 10.1 Å². The summed E-state index contributed by atoms with van der Waals surface area (Å²) in [5, 5.41) is 4.30. The molecule has 0 radical (unpaired) electrons. The number of benzene rings is 1. The summed E-state index contributed by atoms with van der Waals surface area (Å²) in [5.74, 6) is 2.05. The zero-order valence-electron chi connectivity index (χ0n) is 10.6. The van der Waals surface area contributed by atoms with E-state index in [2.05, 4.69) is 5.32 Å². The summed E-state index contributed by atoms with van der Waals surface area (Å²) in [7, 11) is 0. The van der Waals surface area contributed by atoms with Crippen LogP contribution in [0.2, 0.25) is 5.02 Å². The molecule has 18 heavy (non-hydrogen) atoms. The predicted molar refractivity (Wildman–Crippen MR) is 74.4 cm³/mol. The molecule has 1 unspecified atom stereocenters. The van der Waals surface area contributed by atoms with E-state index in [0.29, 0.717) is 0 Å². The molecule has 1 aliphatic carbocycles. The van der Waals surface area contributed by atoms with Gasteiger partial charge in [-0.25, -0.2) is 0 Å². The maximum absolute atomic E-state index is 5.98. The van der Waals surface area contributed by atoms with Gasteiger partial charge in [0.1, 0.15) is 11.9 Å². The molecule has 3 heteroatoms. The summed E-state index contributed by atoms with van der Waals surface area (Å²) in [6, 6.07) is 5.89. The molecule has 1 fully saturated rings. The lowest BCUT2D eigenvalue weighted by Crippen LogP contribution is -2.30. The molecule has 0 spiro atoms. The zero-order chi connectivity index (χ0) is 12.4. The Balaban J connectivity index is 1.37. The summed E-state index contributed by atoms with van der Waals surface area (Å²) in [5.41, 5.74) is 1.24. The highest BCUT2D eigenvalue weighted by atomic mass is 35.5. The fourth-order valence-corrected chi connectivity index (χ4v) is 2.78. The second-order valence-corrected chi connectivity index (χ2v) is 5.92. The fraction of sp³-hybridized carbons (Fsp3) is 0.600. The topological polar surface area (TPSA) is 21.3 Å². The van der Waals surface area contributed by atoms with E-state index in [1.54, 1.807) is 0 Å². The van der Waals surface area contributed by atoms with Crippen molar-refractivity contribution in [3.63, 3.8) is 0 Å². The first kappa shape index (κ1) is 12.3. The lowest BCUT2D eigenvalue weighted by atomic mass is 10.1. The minimum absolute atomic E-state index is 0.277. The van der Waals surface area contributed by atoms with E-state index in [-0.39, 0.29) is 6.10 Å². The number of fused-ring (bicyclic) bond motifs is 1. The summed E-state index contributed by atoms with van der Waals surface area (Å²) in [6.45, 7) is 2.06. The predicted octanol–water partition coefficient (Wildman–Crippen LogP) is 3.42. The Kier molecular flexibility index (Phi) is 3.76. The van der Waals surface area contributed by atoms with Gasteiger partial charge in [-0.15, -0.1) is 0 Å². The van der Waals surface area contributed by atoms with E-state index in [1.807, 2.05) is 18.2 Å². The van der Waals surface area contributed by atoms with Crippen LogP contribution in [0.25, 0.3) is 0 Å². The molecule has 0 bridgehead atoms. The molecular formula is C15H20ClNO. The Hall–Kier alpha value is -0.730. The van der Waals surface area contributed by atoms with E-state index in [0.717, 1.165) is 36.2 Å². The van der Waals surface area contributed by atoms with E-state index >= 15 is 0 Å². The van der Waals surface area contributed by atoms with Crippen LogP contribution in [0, 0.1) is 5.92 Å². The van der Waals surface area contributed by atoms with Crippen molar-refractivity contribution in [2.24, 2.45) is 5.92 Å². The van der Waals surface area contributed by atoms with Crippen molar-refractivity contribution in [3.05, 3.63) is 28.8 Å².